The van der Waals surface area contributed by atoms with E-state index in [9.17, 15) is 0 Å². The van der Waals surface area contributed by atoms with Crippen molar-refractivity contribution < 1.29 is 0 Å². The lowest BCUT2D eigenvalue weighted by Crippen LogP contribution is -2.02. The van der Waals surface area contributed by atoms with Crippen LogP contribution in [0.4, 0.5) is 0 Å². The van der Waals surface area contributed by atoms with Crippen LogP contribution in [0.1, 0.15) is 6.42 Å². The Labute approximate surface area is 42.3 Å². The van der Waals surface area contributed by atoms with Gasteiger partial charge in [-0.15, -0.1) is 0 Å². The Morgan fingerprint density at radius 2 is 1.57 bits per heavy atom. The lowest BCUT2D eigenvalue weighted by Gasteiger charge is -1.81. The Bertz CT molecular complexity index is 109. The summed E-state index contributed by atoms with van der Waals surface area (Å²) in [7, 11) is 0. The van der Waals surface area contributed by atoms with Crippen LogP contribution in [-0.4, -0.2) is 24.2 Å². The largest absolute Gasteiger partial charge is 0.306 e. The van der Waals surface area contributed by atoms with Crippen molar-refractivity contribution in [1.29, 1.82) is 0 Å². The van der Waals surface area contributed by atoms with Crippen molar-refractivity contribution in [3.8, 4) is 0 Å². The number of hydrogen-bond acceptors (Lipinski definition) is 2. The van der Waals surface area contributed by atoms with E-state index < -0.39 is 0 Å². The maximum atomic E-state index is 3.40. The first-order valence-electron chi connectivity index (χ1n) is 2.97. The smallest absolute Gasteiger partial charge is 0.0394 e. The molecule has 3 aliphatic rings. The molecule has 2 N–H and O–H groups in total. The molecule has 2 heteroatoms. The first kappa shape index (κ1) is 3.05. The highest BCUT2D eigenvalue weighted by Gasteiger charge is 2.61. The molecule has 0 amide bonds. The van der Waals surface area contributed by atoms with Gasteiger partial charge in [-0.3, -0.25) is 0 Å². The van der Waals surface area contributed by atoms with E-state index in [-0.39, 0.29) is 0 Å². The lowest BCUT2D eigenvalue weighted by molar-refractivity contribution is 0.798. The highest BCUT2D eigenvalue weighted by atomic mass is 15.3. The summed E-state index contributed by atoms with van der Waals surface area (Å²) in [4.78, 5) is 0. The van der Waals surface area contributed by atoms with E-state index in [4.69, 9.17) is 0 Å². The molecular weight excluding hydrogens is 88.1 g/mol. The normalized spacial score (nSPS) is 72.0. The first-order valence-corrected chi connectivity index (χ1v) is 2.97. The molecule has 0 aromatic carbocycles. The van der Waals surface area contributed by atoms with Crippen molar-refractivity contribution in [3.05, 3.63) is 0 Å². The van der Waals surface area contributed by atoms with Gasteiger partial charge in [-0.05, 0) is 6.42 Å². The third kappa shape index (κ3) is 0.229. The Hall–Kier alpha value is -0.0800. The first-order chi connectivity index (χ1) is 3.45. The van der Waals surface area contributed by atoms with Crippen molar-refractivity contribution in [1.82, 2.24) is 10.6 Å². The van der Waals surface area contributed by atoms with Gasteiger partial charge in [-0.25, -0.2) is 0 Å². The second-order valence-electron chi connectivity index (χ2n) is 2.83. The fourth-order valence-corrected chi connectivity index (χ4v) is 1.79. The highest BCUT2D eigenvalue weighted by Crippen LogP contribution is 2.39. The third-order valence-corrected chi connectivity index (χ3v) is 2.36. The number of piperidine rings is 2. The third-order valence-electron chi connectivity index (χ3n) is 2.36. The Balaban J connectivity index is 2.02. The molecule has 1 saturated carbocycles. The number of nitrogens with one attached hydrogen (secondary N) is 2. The van der Waals surface area contributed by atoms with Crippen LogP contribution < -0.4 is 10.6 Å². The predicted octanol–water partition coefficient (Wildman–Crippen LogP) is -0.929. The van der Waals surface area contributed by atoms with E-state index in [0.717, 1.165) is 24.2 Å². The standard InChI is InChI=1S/C5H8N2/c1-2-4(6-2)5-3(1)7-5/h2-7H,1H2/t2-,3+,4-,5+. The molecule has 7 heavy (non-hydrogen) atoms. The van der Waals surface area contributed by atoms with Gasteiger partial charge in [-0.1, -0.05) is 0 Å². The number of rotatable bonds is 0. The van der Waals surface area contributed by atoms with E-state index in [0.29, 0.717) is 0 Å². The summed E-state index contributed by atoms with van der Waals surface area (Å²) in [6.07, 6.45) is 1.40. The van der Waals surface area contributed by atoms with Crippen LogP contribution in [0.2, 0.25) is 0 Å². The van der Waals surface area contributed by atoms with E-state index in [1.165, 1.54) is 6.42 Å². The van der Waals surface area contributed by atoms with E-state index in [1.807, 2.05) is 0 Å². The average Bonchev–Trinajstić information content (AvgIpc) is 2.47. The van der Waals surface area contributed by atoms with Gasteiger partial charge in [0, 0.05) is 24.2 Å². The van der Waals surface area contributed by atoms with Crippen molar-refractivity contribution in [2.45, 2.75) is 30.6 Å². The Morgan fingerprint density at radius 1 is 1.00 bits per heavy atom. The summed E-state index contributed by atoms with van der Waals surface area (Å²) in [5.41, 5.74) is 0. The molecule has 2 saturated heterocycles. The molecule has 3 rings (SSSR count). The SMILES string of the molecule is C1[C@@H]2N[C@@H]2[C@@H]2N[C@H]12. The van der Waals surface area contributed by atoms with Crippen molar-refractivity contribution in [2.24, 2.45) is 0 Å². The summed E-state index contributed by atoms with van der Waals surface area (Å²) in [5.74, 6) is 0. The molecule has 2 aliphatic heterocycles. The van der Waals surface area contributed by atoms with Gasteiger partial charge in [0.1, 0.15) is 0 Å². The summed E-state index contributed by atoms with van der Waals surface area (Å²) in [5, 5.41) is 6.79. The summed E-state index contributed by atoms with van der Waals surface area (Å²) < 4.78 is 0. The Kier molecular flexibility index (Phi) is 0.280. The van der Waals surface area contributed by atoms with Gasteiger partial charge in [0.2, 0.25) is 0 Å². The maximum absolute atomic E-state index is 3.40. The molecule has 0 spiro atoms. The minimum absolute atomic E-state index is 0.894. The molecule has 4 atom stereocenters. The van der Waals surface area contributed by atoms with Gasteiger partial charge in [0.15, 0.2) is 0 Å². The minimum Gasteiger partial charge on any atom is -0.306 e. The van der Waals surface area contributed by atoms with Crippen LogP contribution in [0.3, 0.4) is 0 Å². The maximum Gasteiger partial charge on any atom is 0.0394 e. The molecule has 2 nitrogen and oxygen atoms in total. The topological polar surface area (TPSA) is 43.9 Å². The van der Waals surface area contributed by atoms with E-state index >= 15 is 0 Å². The predicted molar refractivity (Wildman–Crippen MR) is 26.0 cm³/mol. The van der Waals surface area contributed by atoms with Crippen LogP contribution >= 0.6 is 0 Å². The molecule has 0 aromatic rings. The van der Waals surface area contributed by atoms with Crippen molar-refractivity contribution in [3.63, 3.8) is 0 Å². The summed E-state index contributed by atoms with van der Waals surface area (Å²) >= 11 is 0. The zero-order valence-electron chi connectivity index (χ0n) is 4.02. The fraction of sp³-hybridized carbons (Fsp3) is 1.00. The van der Waals surface area contributed by atoms with Gasteiger partial charge < -0.3 is 10.6 Å². The highest BCUT2D eigenvalue weighted by molar-refractivity contribution is 5.25. The van der Waals surface area contributed by atoms with Gasteiger partial charge in [-0.2, -0.15) is 0 Å². The molecule has 0 radical (unpaired) electrons. The molecule has 2 heterocycles. The van der Waals surface area contributed by atoms with Crippen LogP contribution in [0.5, 0.6) is 0 Å². The number of hydrogen-bond donors (Lipinski definition) is 2. The lowest BCUT2D eigenvalue weighted by atomic mass is 10.3. The molecule has 0 aromatic heterocycles. The molecule has 1 aliphatic carbocycles. The average molecular weight is 96.1 g/mol. The Morgan fingerprint density at radius 3 is 1.86 bits per heavy atom. The fourth-order valence-electron chi connectivity index (χ4n) is 1.79. The zero-order valence-corrected chi connectivity index (χ0v) is 4.02. The minimum atomic E-state index is 0.894. The van der Waals surface area contributed by atoms with E-state index in [2.05, 4.69) is 10.6 Å². The molecular formula is C5H8N2. The molecule has 38 valence electrons. The quantitative estimate of drug-likeness (QED) is 0.383. The summed E-state index contributed by atoms with van der Waals surface area (Å²) in [6.45, 7) is 0. The van der Waals surface area contributed by atoms with Crippen molar-refractivity contribution >= 4 is 0 Å². The summed E-state index contributed by atoms with van der Waals surface area (Å²) in [6, 6.07) is 3.64. The molecule has 0 unspecified atom stereocenters. The molecule has 0 bridgehead atoms. The second-order valence-corrected chi connectivity index (χ2v) is 2.83. The van der Waals surface area contributed by atoms with Crippen LogP contribution in [0.15, 0.2) is 0 Å². The van der Waals surface area contributed by atoms with Crippen molar-refractivity contribution in [2.75, 3.05) is 0 Å². The van der Waals surface area contributed by atoms with Gasteiger partial charge in [0.05, 0.1) is 0 Å². The second kappa shape index (κ2) is 0.644. The monoisotopic (exact) mass is 96.1 g/mol. The van der Waals surface area contributed by atoms with E-state index in [1.54, 1.807) is 0 Å². The zero-order chi connectivity index (χ0) is 4.43. The molecule has 3 fully saturated rings. The van der Waals surface area contributed by atoms with Crippen LogP contribution in [0.25, 0.3) is 0 Å². The van der Waals surface area contributed by atoms with Gasteiger partial charge in [0.25, 0.3) is 0 Å². The number of fused-ring (bicyclic) bond motifs is 3. The van der Waals surface area contributed by atoms with Crippen LogP contribution in [-0.2, 0) is 0 Å². The van der Waals surface area contributed by atoms with Gasteiger partial charge >= 0.3 is 0 Å². The van der Waals surface area contributed by atoms with Crippen LogP contribution in [0, 0.1) is 0 Å².